The third-order valence-corrected chi connectivity index (χ3v) is 3.71. The molecule has 2 aromatic rings. The van der Waals surface area contributed by atoms with Gasteiger partial charge in [0.15, 0.2) is 0 Å². The zero-order valence-corrected chi connectivity index (χ0v) is 12.3. The fourth-order valence-corrected chi connectivity index (χ4v) is 2.66. The number of rotatable bonds is 4. The van der Waals surface area contributed by atoms with Gasteiger partial charge in [-0.25, -0.2) is 15.0 Å². The molecule has 1 atom stereocenters. The first-order chi connectivity index (χ1) is 10.3. The van der Waals surface area contributed by atoms with Crippen LogP contribution in [0.2, 0.25) is 0 Å². The van der Waals surface area contributed by atoms with Crippen molar-refractivity contribution in [1.82, 2.24) is 15.0 Å². The summed E-state index contributed by atoms with van der Waals surface area (Å²) in [7, 11) is 0. The molecule has 2 aromatic heterocycles. The van der Waals surface area contributed by atoms with Crippen molar-refractivity contribution in [2.75, 3.05) is 24.6 Å². The zero-order valence-electron chi connectivity index (χ0n) is 12.3. The molecule has 1 aliphatic heterocycles. The topological polar surface area (TPSA) is 51.1 Å². The van der Waals surface area contributed by atoms with Gasteiger partial charge in [0.2, 0.25) is 5.88 Å². The van der Waals surface area contributed by atoms with Gasteiger partial charge < -0.3 is 9.64 Å². The van der Waals surface area contributed by atoms with E-state index in [1.54, 1.807) is 6.20 Å². The quantitative estimate of drug-likeness (QED) is 0.863. The summed E-state index contributed by atoms with van der Waals surface area (Å²) in [4.78, 5) is 15.2. The molecule has 0 amide bonds. The van der Waals surface area contributed by atoms with Gasteiger partial charge in [0.25, 0.3) is 0 Å². The number of pyridine rings is 1. The van der Waals surface area contributed by atoms with Crippen molar-refractivity contribution < 1.29 is 4.74 Å². The van der Waals surface area contributed by atoms with Gasteiger partial charge in [0, 0.05) is 37.5 Å². The maximum Gasteiger partial charge on any atom is 0.213 e. The molecule has 1 fully saturated rings. The standard InChI is InChI=1S/C16H20N4O/c1-13-17-9-7-15(19-13)20-10-4-5-14(11-20)12-21-16-6-2-3-8-18-16/h2-3,6-9,14H,4-5,10-12H2,1H3. The van der Waals surface area contributed by atoms with Crippen LogP contribution < -0.4 is 9.64 Å². The molecular formula is C16H20N4O. The van der Waals surface area contributed by atoms with Crippen molar-refractivity contribution >= 4 is 5.82 Å². The molecule has 0 radical (unpaired) electrons. The van der Waals surface area contributed by atoms with Crippen LogP contribution in [0.15, 0.2) is 36.7 Å². The van der Waals surface area contributed by atoms with Crippen LogP contribution >= 0.6 is 0 Å². The van der Waals surface area contributed by atoms with Gasteiger partial charge in [-0.05, 0) is 31.9 Å². The van der Waals surface area contributed by atoms with E-state index in [9.17, 15) is 0 Å². The smallest absolute Gasteiger partial charge is 0.213 e. The first-order valence-electron chi connectivity index (χ1n) is 7.40. The summed E-state index contributed by atoms with van der Waals surface area (Å²) >= 11 is 0. The molecule has 0 aromatic carbocycles. The van der Waals surface area contributed by atoms with E-state index in [1.165, 1.54) is 12.8 Å². The Balaban J connectivity index is 1.58. The Labute approximate surface area is 125 Å². The minimum absolute atomic E-state index is 0.510. The second-order valence-electron chi connectivity index (χ2n) is 5.40. The van der Waals surface area contributed by atoms with E-state index >= 15 is 0 Å². The number of piperidine rings is 1. The Kier molecular flexibility index (Phi) is 4.28. The molecule has 110 valence electrons. The van der Waals surface area contributed by atoms with E-state index < -0.39 is 0 Å². The third-order valence-electron chi connectivity index (χ3n) is 3.71. The molecule has 0 aliphatic carbocycles. The summed E-state index contributed by atoms with van der Waals surface area (Å²) in [5.41, 5.74) is 0. The highest BCUT2D eigenvalue weighted by Crippen LogP contribution is 2.22. The van der Waals surface area contributed by atoms with E-state index in [4.69, 9.17) is 4.74 Å². The van der Waals surface area contributed by atoms with E-state index in [0.29, 0.717) is 18.4 Å². The van der Waals surface area contributed by atoms with E-state index in [-0.39, 0.29) is 0 Å². The van der Waals surface area contributed by atoms with Gasteiger partial charge in [-0.3, -0.25) is 0 Å². The molecule has 21 heavy (non-hydrogen) atoms. The van der Waals surface area contributed by atoms with Crippen LogP contribution in [0.25, 0.3) is 0 Å². The number of hydrogen-bond donors (Lipinski definition) is 0. The maximum atomic E-state index is 5.78. The maximum absolute atomic E-state index is 5.78. The van der Waals surface area contributed by atoms with Crippen LogP contribution in [0.1, 0.15) is 18.7 Å². The zero-order chi connectivity index (χ0) is 14.5. The fourth-order valence-electron chi connectivity index (χ4n) is 2.66. The molecule has 5 nitrogen and oxygen atoms in total. The molecule has 0 N–H and O–H groups in total. The number of aryl methyl sites for hydroxylation is 1. The first-order valence-corrected chi connectivity index (χ1v) is 7.40. The van der Waals surface area contributed by atoms with E-state index in [1.807, 2.05) is 37.4 Å². The molecule has 0 bridgehead atoms. The molecule has 3 heterocycles. The second-order valence-corrected chi connectivity index (χ2v) is 5.40. The van der Waals surface area contributed by atoms with Crippen molar-refractivity contribution in [2.45, 2.75) is 19.8 Å². The Morgan fingerprint density at radius 2 is 2.19 bits per heavy atom. The second kappa shape index (κ2) is 6.52. The Hall–Kier alpha value is -2.17. The summed E-state index contributed by atoms with van der Waals surface area (Å²) in [6.45, 7) is 4.66. The molecule has 1 aliphatic rings. The highest BCUT2D eigenvalue weighted by atomic mass is 16.5. The summed E-state index contributed by atoms with van der Waals surface area (Å²) in [5.74, 6) is 3.05. The minimum atomic E-state index is 0.510. The van der Waals surface area contributed by atoms with Gasteiger partial charge in [-0.2, -0.15) is 0 Å². The fraction of sp³-hybridized carbons (Fsp3) is 0.438. The lowest BCUT2D eigenvalue weighted by Gasteiger charge is -2.33. The van der Waals surface area contributed by atoms with Gasteiger partial charge >= 0.3 is 0 Å². The molecular weight excluding hydrogens is 264 g/mol. The summed E-state index contributed by atoms with van der Waals surface area (Å²) in [5, 5.41) is 0. The largest absolute Gasteiger partial charge is 0.477 e. The molecule has 0 saturated carbocycles. The summed E-state index contributed by atoms with van der Waals surface area (Å²) in [6, 6.07) is 7.72. The van der Waals surface area contributed by atoms with Crippen LogP contribution in [0.3, 0.4) is 0 Å². The highest BCUT2D eigenvalue weighted by Gasteiger charge is 2.21. The van der Waals surface area contributed by atoms with E-state index in [0.717, 1.165) is 24.7 Å². The molecule has 5 heteroatoms. The lowest BCUT2D eigenvalue weighted by atomic mass is 9.99. The number of ether oxygens (including phenoxy) is 1. The monoisotopic (exact) mass is 284 g/mol. The lowest BCUT2D eigenvalue weighted by molar-refractivity contribution is 0.221. The minimum Gasteiger partial charge on any atom is -0.477 e. The number of anilines is 1. The Morgan fingerprint density at radius 3 is 3.00 bits per heavy atom. The van der Waals surface area contributed by atoms with Gasteiger partial charge in [0.1, 0.15) is 11.6 Å². The highest BCUT2D eigenvalue weighted by molar-refractivity contribution is 5.37. The molecule has 3 rings (SSSR count). The Bertz CT molecular complexity index is 575. The summed E-state index contributed by atoms with van der Waals surface area (Å²) in [6.07, 6.45) is 5.94. The lowest BCUT2D eigenvalue weighted by Crippen LogP contribution is -2.38. The van der Waals surface area contributed by atoms with Crippen LogP contribution in [0.4, 0.5) is 5.82 Å². The average molecular weight is 284 g/mol. The van der Waals surface area contributed by atoms with E-state index in [2.05, 4.69) is 19.9 Å². The van der Waals surface area contributed by atoms with Crippen molar-refractivity contribution in [3.8, 4) is 5.88 Å². The first kappa shape index (κ1) is 13.8. The van der Waals surface area contributed by atoms with Crippen LogP contribution in [0.5, 0.6) is 5.88 Å². The van der Waals surface area contributed by atoms with Crippen molar-refractivity contribution in [1.29, 1.82) is 0 Å². The molecule has 0 spiro atoms. The van der Waals surface area contributed by atoms with Crippen molar-refractivity contribution in [3.63, 3.8) is 0 Å². The van der Waals surface area contributed by atoms with Crippen molar-refractivity contribution in [3.05, 3.63) is 42.5 Å². The number of aromatic nitrogens is 3. The Morgan fingerprint density at radius 1 is 1.24 bits per heavy atom. The predicted octanol–water partition coefficient (Wildman–Crippen LogP) is 2.48. The number of nitrogens with zero attached hydrogens (tertiary/aromatic N) is 4. The number of hydrogen-bond acceptors (Lipinski definition) is 5. The van der Waals surface area contributed by atoms with Gasteiger partial charge in [0.05, 0.1) is 6.61 Å². The molecule has 1 unspecified atom stereocenters. The summed E-state index contributed by atoms with van der Waals surface area (Å²) < 4.78 is 5.78. The van der Waals surface area contributed by atoms with Crippen LogP contribution in [0, 0.1) is 12.8 Å². The SMILES string of the molecule is Cc1nccc(N2CCCC(COc3ccccn3)C2)n1. The van der Waals surface area contributed by atoms with Crippen LogP contribution in [-0.2, 0) is 0 Å². The van der Waals surface area contributed by atoms with Crippen LogP contribution in [-0.4, -0.2) is 34.6 Å². The molecule has 1 saturated heterocycles. The van der Waals surface area contributed by atoms with Gasteiger partial charge in [-0.15, -0.1) is 0 Å². The average Bonchev–Trinajstić information content (AvgIpc) is 2.54. The third kappa shape index (κ3) is 3.68. The predicted molar refractivity (Wildman–Crippen MR) is 81.4 cm³/mol. The normalized spacial score (nSPS) is 18.5. The van der Waals surface area contributed by atoms with Crippen molar-refractivity contribution in [2.24, 2.45) is 5.92 Å². The van der Waals surface area contributed by atoms with Gasteiger partial charge in [-0.1, -0.05) is 6.07 Å².